The van der Waals surface area contributed by atoms with E-state index in [0.29, 0.717) is 48.7 Å². The average molecular weight is 562 g/mol. The number of rotatable bonds is 5. The van der Waals surface area contributed by atoms with Gasteiger partial charge in [0.05, 0.1) is 23.1 Å². The minimum Gasteiger partial charge on any atom is -0.377 e. The van der Waals surface area contributed by atoms with Gasteiger partial charge in [0.25, 0.3) is 11.1 Å². The van der Waals surface area contributed by atoms with E-state index in [1.165, 1.54) is 33.5 Å². The Morgan fingerprint density at radius 3 is 2.29 bits per heavy atom. The van der Waals surface area contributed by atoms with Gasteiger partial charge in [-0.1, -0.05) is 17.7 Å². The van der Waals surface area contributed by atoms with Crippen LogP contribution in [0.2, 0.25) is 0 Å². The molecular formula is C30H33F2N7O2. The maximum Gasteiger partial charge on any atom is 0.268 e. The topological polar surface area (TPSA) is 99.2 Å². The molecule has 1 N–H and O–H groups in total. The average Bonchev–Trinajstić information content (AvgIpc) is 2.96. The van der Waals surface area contributed by atoms with Gasteiger partial charge in [-0.3, -0.25) is 14.2 Å². The molecule has 1 saturated heterocycles. The van der Waals surface area contributed by atoms with Crippen LogP contribution in [0.15, 0.2) is 58.3 Å². The molecule has 1 aliphatic heterocycles. The highest BCUT2D eigenvalue weighted by molar-refractivity contribution is 5.59. The first kappa shape index (κ1) is 29.3. The van der Waals surface area contributed by atoms with Crippen LogP contribution in [-0.4, -0.2) is 40.5 Å². The molecule has 0 radical (unpaired) electrons. The van der Waals surface area contributed by atoms with E-state index in [9.17, 15) is 19.2 Å². The van der Waals surface area contributed by atoms with Gasteiger partial charge in [0.1, 0.15) is 17.7 Å². The van der Waals surface area contributed by atoms with Gasteiger partial charge >= 0.3 is 0 Å². The van der Waals surface area contributed by atoms with Crippen LogP contribution in [0.1, 0.15) is 35.2 Å². The third kappa shape index (κ3) is 6.38. The summed E-state index contributed by atoms with van der Waals surface area (Å²) < 4.78 is 32.8. The van der Waals surface area contributed by atoms with Gasteiger partial charge in [-0.05, 0) is 50.1 Å². The zero-order valence-electron chi connectivity index (χ0n) is 23.8. The van der Waals surface area contributed by atoms with Gasteiger partial charge in [-0.25, -0.2) is 13.5 Å². The van der Waals surface area contributed by atoms with E-state index in [-0.39, 0.29) is 22.5 Å². The van der Waals surface area contributed by atoms with Crippen LogP contribution in [-0.2, 0) is 14.1 Å². The summed E-state index contributed by atoms with van der Waals surface area (Å²) in [5, 5.41) is 16.8. The highest BCUT2D eigenvalue weighted by atomic mass is 19.1. The molecule has 1 fully saturated rings. The van der Waals surface area contributed by atoms with Crippen molar-refractivity contribution in [2.24, 2.45) is 14.1 Å². The Bertz CT molecular complexity index is 1680. The Morgan fingerprint density at radius 2 is 1.63 bits per heavy atom. The molecule has 1 atom stereocenters. The predicted octanol–water partition coefficient (Wildman–Crippen LogP) is 3.87. The van der Waals surface area contributed by atoms with Crippen molar-refractivity contribution < 1.29 is 8.78 Å². The number of hydrogen-bond acceptors (Lipinski definition) is 7. The van der Waals surface area contributed by atoms with Crippen LogP contribution >= 0.6 is 0 Å². The molecule has 214 valence electrons. The van der Waals surface area contributed by atoms with Crippen LogP contribution in [0.25, 0.3) is 0 Å². The lowest BCUT2D eigenvalue weighted by atomic mass is 10.0. The molecule has 9 nitrogen and oxygen atoms in total. The summed E-state index contributed by atoms with van der Waals surface area (Å²) >= 11 is 0. The Labute approximate surface area is 237 Å². The summed E-state index contributed by atoms with van der Waals surface area (Å²) in [4.78, 5) is 28.9. The van der Waals surface area contributed by atoms with Crippen molar-refractivity contribution in [1.82, 2.24) is 14.3 Å². The summed E-state index contributed by atoms with van der Waals surface area (Å²) in [6.07, 6.45) is 1.63. The molecule has 11 heteroatoms. The maximum atomic E-state index is 16.5. The molecular weight excluding hydrogens is 528 g/mol. The van der Waals surface area contributed by atoms with E-state index < -0.39 is 17.7 Å². The summed E-state index contributed by atoms with van der Waals surface area (Å²) in [5.74, 6) is -0.921. The van der Waals surface area contributed by atoms with E-state index in [2.05, 4.69) is 10.4 Å². The number of aromatic nitrogens is 3. The molecule has 0 spiro atoms. The first-order chi connectivity index (χ1) is 19.5. The largest absolute Gasteiger partial charge is 0.377 e. The Hall–Kier alpha value is -4.72. The van der Waals surface area contributed by atoms with E-state index in [1.54, 1.807) is 39.3 Å². The molecule has 0 saturated carbocycles. The molecule has 0 aliphatic carbocycles. The fourth-order valence-electron chi connectivity index (χ4n) is 4.92. The summed E-state index contributed by atoms with van der Waals surface area (Å²) in [6.45, 7) is 7.12. The molecule has 3 aromatic rings. The van der Waals surface area contributed by atoms with Crippen LogP contribution < -0.4 is 26.2 Å². The number of nitrogens with one attached hydrogen (secondary N) is 1. The van der Waals surface area contributed by atoms with Gasteiger partial charge in [-0.15, -0.1) is 0 Å². The fourth-order valence-corrected chi connectivity index (χ4v) is 4.92. The molecule has 0 unspecified atom stereocenters. The molecule has 4 rings (SSSR count). The predicted molar refractivity (Wildman–Crippen MR) is 156 cm³/mol. The van der Waals surface area contributed by atoms with Crippen molar-refractivity contribution in [3.8, 4) is 6.07 Å². The lowest BCUT2D eigenvalue weighted by Crippen LogP contribution is -2.48. The number of halogens is 2. The Balaban J connectivity index is 1.76. The van der Waals surface area contributed by atoms with Gasteiger partial charge in [0.15, 0.2) is 5.82 Å². The first-order valence-electron chi connectivity index (χ1n) is 13.2. The maximum absolute atomic E-state index is 16.5. The van der Waals surface area contributed by atoms with Crippen molar-refractivity contribution in [3.63, 3.8) is 0 Å². The third-order valence-corrected chi connectivity index (χ3v) is 7.32. The smallest absolute Gasteiger partial charge is 0.268 e. The van der Waals surface area contributed by atoms with Crippen LogP contribution in [0.4, 0.5) is 26.0 Å². The lowest BCUT2D eigenvalue weighted by Gasteiger charge is -2.37. The zero-order chi connectivity index (χ0) is 29.8. The summed E-state index contributed by atoms with van der Waals surface area (Å²) in [6, 6.07) is 11.8. The highest BCUT2D eigenvalue weighted by Crippen LogP contribution is 2.29. The van der Waals surface area contributed by atoms with Crippen molar-refractivity contribution in [3.05, 3.63) is 103 Å². The van der Waals surface area contributed by atoms with E-state index >= 15 is 4.39 Å². The number of aryl methyl sites for hydroxylation is 2. The summed E-state index contributed by atoms with van der Waals surface area (Å²) in [5.41, 5.74) is 2.36. The van der Waals surface area contributed by atoms with Gasteiger partial charge < -0.3 is 15.1 Å². The minimum atomic E-state index is -0.549. The van der Waals surface area contributed by atoms with Crippen molar-refractivity contribution in [2.45, 2.75) is 26.8 Å². The minimum absolute atomic E-state index is 0.141. The molecule has 1 aliphatic rings. The second-order valence-corrected chi connectivity index (χ2v) is 10.2. The summed E-state index contributed by atoms with van der Waals surface area (Å²) in [7, 11) is 3.13. The quantitative estimate of drug-likeness (QED) is 0.505. The number of nitriles is 1. The highest BCUT2D eigenvalue weighted by Gasteiger charge is 2.24. The van der Waals surface area contributed by atoms with Crippen LogP contribution in [0.3, 0.4) is 0 Å². The van der Waals surface area contributed by atoms with Crippen LogP contribution in [0, 0.1) is 36.8 Å². The SMILES string of the molecule is Cc1ccc(=O)n(C)c(N2CCN(c3cnn(C)c(=O)c3)CC2)c(F)c(C)c([C@@H](C)Nc2ccc(F)cc2C#N)c1. The van der Waals surface area contributed by atoms with Gasteiger partial charge in [0.2, 0.25) is 0 Å². The lowest BCUT2D eigenvalue weighted by molar-refractivity contribution is 0.565. The van der Waals surface area contributed by atoms with Crippen LogP contribution in [0.5, 0.6) is 0 Å². The van der Waals surface area contributed by atoms with E-state index in [4.69, 9.17) is 0 Å². The number of benzene rings is 1. The number of piperazine rings is 1. The molecule has 2 aromatic heterocycles. The second kappa shape index (κ2) is 12.2. The van der Waals surface area contributed by atoms with Crippen molar-refractivity contribution in [2.75, 3.05) is 41.3 Å². The Morgan fingerprint density at radius 1 is 0.951 bits per heavy atom. The molecule has 0 amide bonds. The molecule has 41 heavy (non-hydrogen) atoms. The van der Waals surface area contributed by atoms with Crippen molar-refractivity contribution in [1.29, 1.82) is 5.26 Å². The zero-order valence-corrected chi connectivity index (χ0v) is 23.8. The second-order valence-electron chi connectivity index (χ2n) is 10.2. The third-order valence-electron chi connectivity index (χ3n) is 7.32. The number of nitrogens with zero attached hydrogens (tertiary/aromatic N) is 6. The van der Waals surface area contributed by atoms with Gasteiger partial charge in [-0.2, -0.15) is 10.4 Å². The van der Waals surface area contributed by atoms with E-state index in [0.717, 1.165) is 11.6 Å². The van der Waals surface area contributed by atoms with Crippen molar-refractivity contribution >= 4 is 17.2 Å². The number of hydrogen-bond donors (Lipinski definition) is 1. The molecule has 1 aromatic carbocycles. The standard InChI is InChI=1S/C30H33F2N7O2/c1-19-6-9-27(40)36(4)30(39-12-10-38(11-13-39)24-16-28(41)37(5)34-18-24)29(32)20(2)25(14-19)21(3)35-26-8-7-23(31)15-22(26)17-33/h6-9,14-16,18,21,35H,10-13H2,1-5H3/t21-/m1/s1. The normalized spacial score (nSPS) is 13.8. The fraction of sp³-hybridized carbons (Fsp3) is 0.333. The molecule has 0 bridgehead atoms. The monoisotopic (exact) mass is 561 g/mol. The first-order valence-corrected chi connectivity index (χ1v) is 13.2. The molecule has 3 heterocycles. The van der Waals surface area contributed by atoms with E-state index in [1.807, 2.05) is 29.7 Å². The Kier molecular flexibility index (Phi) is 8.71. The van der Waals surface area contributed by atoms with Gasteiger partial charge in [0, 0.05) is 58.4 Å². The number of anilines is 3.